The second kappa shape index (κ2) is 16.1. The standard InChI is InChI=1S/C60H42N2/c1-6-21-43(22-7-1)50-39-37-48(41-54(50)46-27-12-4-13-28-46)61(56-33-18-16-31-52(56)45-25-10-3-11-26-45)58-35-20-36-59-60(58)53-32-17-19-34-57(53)62(59)49-38-40-51(44-23-8-2-9-24-44)55(42-49)47-29-14-5-15-30-47/h1-42H. The van der Waals surface area contributed by atoms with Crippen molar-refractivity contribution in [1.29, 1.82) is 0 Å². The van der Waals surface area contributed by atoms with Gasteiger partial charge in [-0.1, -0.05) is 206 Å². The minimum atomic E-state index is 1.08. The van der Waals surface area contributed by atoms with E-state index >= 15 is 0 Å². The molecule has 292 valence electrons. The van der Waals surface area contributed by atoms with Crippen LogP contribution in [0.15, 0.2) is 255 Å². The smallest absolute Gasteiger partial charge is 0.0562 e. The molecule has 11 rings (SSSR count). The van der Waals surface area contributed by atoms with Crippen LogP contribution in [0.2, 0.25) is 0 Å². The molecule has 0 atom stereocenters. The number of hydrogen-bond acceptors (Lipinski definition) is 1. The van der Waals surface area contributed by atoms with Crippen molar-refractivity contribution in [3.63, 3.8) is 0 Å². The van der Waals surface area contributed by atoms with Crippen LogP contribution in [0, 0.1) is 0 Å². The Bertz CT molecular complexity index is 3320. The van der Waals surface area contributed by atoms with Gasteiger partial charge in [0.25, 0.3) is 0 Å². The third kappa shape index (κ3) is 6.65. The van der Waals surface area contributed by atoms with Crippen LogP contribution in [0.5, 0.6) is 0 Å². The number of anilines is 3. The molecule has 0 radical (unpaired) electrons. The monoisotopic (exact) mass is 790 g/mol. The first kappa shape index (κ1) is 36.8. The molecule has 0 amide bonds. The number of aromatic nitrogens is 1. The maximum Gasteiger partial charge on any atom is 0.0562 e. The Balaban J connectivity index is 1.19. The van der Waals surface area contributed by atoms with Gasteiger partial charge in [-0.05, 0) is 98.6 Å². The van der Waals surface area contributed by atoms with E-state index in [9.17, 15) is 0 Å². The van der Waals surface area contributed by atoms with Crippen LogP contribution in [0.25, 0.3) is 83.1 Å². The molecule has 0 aliphatic heterocycles. The summed E-state index contributed by atoms with van der Waals surface area (Å²) in [5, 5.41) is 2.38. The molecule has 62 heavy (non-hydrogen) atoms. The number of hydrogen-bond donors (Lipinski definition) is 0. The zero-order valence-electron chi connectivity index (χ0n) is 34.1. The molecule has 0 aliphatic carbocycles. The third-order valence-electron chi connectivity index (χ3n) is 12.0. The Morgan fingerprint density at radius 1 is 0.274 bits per heavy atom. The average molecular weight is 791 g/mol. The van der Waals surface area contributed by atoms with E-state index in [1.54, 1.807) is 0 Å². The molecule has 0 spiro atoms. The van der Waals surface area contributed by atoms with Gasteiger partial charge in [0.1, 0.15) is 0 Å². The molecule has 11 aromatic rings. The van der Waals surface area contributed by atoms with Gasteiger partial charge < -0.3 is 9.47 Å². The highest BCUT2D eigenvalue weighted by Crippen LogP contribution is 2.48. The number of rotatable bonds is 9. The van der Waals surface area contributed by atoms with Crippen LogP contribution < -0.4 is 4.90 Å². The van der Waals surface area contributed by atoms with Gasteiger partial charge in [0, 0.05) is 27.7 Å². The van der Waals surface area contributed by atoms with Gasteiger partial charge in [-0.15, -0.1) is 0 Å². The van der Waals surface area contributed by atoms with E-state index < -0.39 is 0 Å². The van der Waals surface area contributed by atoms with Gasteiger partial charge >= 0.3 is 0 Å². The Kier molecular flexibility index (Phi) is 9.57. The highest BCUT2D eigenvalue weighted by molar-refractivity contribution is 6.17. The summed E-state index contributed by atoms with van der Waals surface area (Å²) in [4.78, 5) is 2.48. The second-order valence-electron chi connectivity index (χ2n) is 15.7. The SMILES string of the molecule is c1ccc(-c2ccc(N(c3ccccc3-c3ccccc3)c3cccc4c3c3ccccc3n4-c3ccc(-c4ccccc4)c(-c4ccccc4)c3)cc2-c2ccccc2)cc1. The average Bonchev–Trinajstić information content (AvgIpc) is 3.70. The molecule has 2 nitrogen and oxygen atoms in total. The summed E-state index contributed by atoms with van der Waals surface area (Å²) in [5.41, 5.74) is 18.5. The van der Waals surface area contributed by atoms with Gasteiger partial charge in [-0.3, -0.25) is 0 Å². The van der Waals surface area contributed by atoms with Crippen molar-refractivity contribution < 1.29 is 0 Å². The van der Waals surface area contributed by atoms with E-state index in [-0.39, 0.29) is 0 Å². The molecule has 0 fully saturated rings. The van der Waals surface area contributed by atoms with Gasteiger partial charge in [-0.25, -0.2) is 0 Å². The highest BCUT2D eigenvalue weighted by atomic mass is 15.2. The fourth-order valence-electron chi connectivity index (χ4n) is 9.20. The molecule has 2 heteroatoms. The Labute approximate surface area is 362 Å². The summed E-state index contributed by atoms with van der Waals surface area (Å²) in [6.07, 6.45) is 0. The summed E-state index contributed by atoms with van der Waals surface area (Å²) < 4.78 is 2.45. The van der Waals surface area contributed by atoms with Crippen molar-refractivity contribution >= 4 is 38.9 Å². The first-order valence-corrected chi connectivity index (χ1v) is 21.3. The summed E-state index contributed by atoms with van der Waals surface area (Å²) in [7, 11) is 0. The minimum Gasteiger partial charge on any atom is -0.309 e. The number of benzene rings is 10. The zero-order valence-corrected chi connectivity index (χ0v) is 34.1. The molecule has 0 bridgehead atoms. The Morgan fingerprint density at radius 2 is 0.710 bits per heavy atom. The molecule has 1 aromatic heterocycles. The summed E-state index contributed by atoms with van der Waals surface area (Å²) in [5.74, 6) is 0. The van der Waals surface area contributed by atoms with Gasteiger partial charge in [0.15, 0.2) is 0 Å². The van der Waals surface area contributed by atoms with Crippen LogP contribution in [0.1, 0.15) is 0 Å². The van der Waals surface area contributed by atoms with Gasteiger partial charge in [0.2, 0.25) is 0 Å². The van der Waals surface area contributed by atoms with E-state index in [0.29, 0.717) is 0 Å². The quantitative estimate of drug-likeness (QED) is 0.141. The fraction of sp³-hybridized carbons (Fsp3) is 0. The molecule has 0 saturated carbocycles. The van der Waals surface area contributed by atoms with E-state index in [1.165, 1.54) is 60.8 Å². The fourth-order valence-corrected chi connectivity index (χ4v) is 9.20. The molecular formula is C60H42N2. The van der Waals surface area contributed by atoms with Crippen LogP contribution in [0.4, 0.5) is 17.1 Å². The van der Waals surface area contributed by atoms with Crippen LogP contribution in [0.3, 0.4) is 0 Å². The topological polar surface area (TPSA) is 8.17 Å². The van der Waals surface area contributed by atoms with Crippen molar-refractivity contribution in [1.82, 2.24) is 4.57 Å². The lowest BCUT2D eigenvalue weighted by molar-refractivity contribution is 1.18. The first-order valence-electron chi connectivity index (χ1n) is 21.3. The van der Waals surface area contributed by atoms with Gasteiger partial charge in [-0.2, -0.15) is 0 Å². The maximum absolute atomic E-state index is 2.48. The van der Waals surface area contributed by atoms with Crippen molar-refractivity contribution in [2.75, 3.05) is 4.90 Å². The second-order valence-corrected chi connectivity index (χ2v) is 15.7. The van der Waals surface area contributed by atoms with Crippen molar-refractivity contribution in [3.8, 4) is 61.3 Å². The largest absolute Gasteiger partial charge is 0.309 e. The lowest BCUT2D eigenvalue weighted by atomic mass is 9.93. The van der Waals surface area contributed by atoms with Gasteiger partial charge in [0.05, 0.1) is 22.4 Å². The normalized spacial score (nSPS) is 11.2. The predicted octanol–water partition coefficient (Wildman–Crippen LogP) is 16.6. The molecule has 1 heterocycles. The third-order valence-corrected chi connectivity index (χ3v) is 12.0. The first-order chi connectivity index (χ1) is 30.8. The van der Waals surface area contributed by atoms with Crippen LogP contribution >= 0.6 is 0 Å². The minimum absolute atomic E-state index is 1.08. The summed E-state index contributed by atoms with van der Waals surface area (Å²) in [6, 6.07) is 92.1. The molecule has 0 saturated heterocycles. The number of fused-ring (bicyclic) bond motifs is 3. The van der Waals surface area contributed by atoms with Crippen molar-refractivity contribution in [2.45, 2.75) is 0 Å². The molecule has 0 aliphatic rings. The molecule has 10 aromatic carbocycles. The Morgan fingerprint density at radius 3 is 1.31 bits per heavy atom. The molecule has 0 unspecified atom stereocenters. The Hall–Kier alpha value is -8.20. The summed E-state index contributed by atoms with van der Waals surface area (Å²) >= 11 is 0. The predicted molar refractivity (Wildman–Crippen MR) is 263 cm³/mol. The van der Waals surface area contributed by atoms with Crippen LogP contribution in [-0.4, -0.2) is 4.57 Å². The van der Waals surface area contributed by atoms with Crippen molar-refractivity contribution in [2.24, 2.45) is 0 Å². The van der Waals surface area contributed by atoms with E-state index in [2.05, 4.69) is 264 Å². The highest BCUT2D eigenvalue weighted by Gasteiger charge is 2.24. The van der Waals surface area contributed by atoms with Crippen molar-refractivity contribution in [3.05, 3.63) is 255 Å². The zero-order chi connectivity index (χ0) is 41.2. The summed E-state index contributed by atoms with van der Waals surface area (Å²) in [6.45, 7) is 0. The lowest BCUT2D eigenvalue weighted by Gasteiger charge is -2.29. The molecular weight excluding hydrogens is 749 g/mol. The van der Waals surface area contributed by atoms with E-state index in [4.69, 9.17) is 0 Å². The van der Waals surface area contributed by atoms with Crippen LogP contribution in [-0.2, 0) is 0 Å². The maximum atomic E-state index is 2.48. The lowest BCUT2D eigenvalue weighted by Crippen LogP contribution is -2.12. The molecule has 0 N–H and O–H groups in total. The number of para-hydroxylation sites is 2. The number of nitrogens with zero attached hydrogens (tertiary/aromatic N) is 2. The van der Waals surface area contributed by atoms with E-state index in [0.717, 1.165) is 39.3 Å². The van der Waals surface area contributed by atoms with E-state index in [1.807, 2.05) is 0 Å².